The number of carbonyl (C=O) groups is 7. The van der Waals surface area contributed by atoms with Gasteiger partial charge in [0.2, 0.25) is 34.8 Å². The zero-order valence-corrected chi connectivity index (χ0v) is 74.5. The van der Waals surface area contributed by atoms with Crippen molar-refractivity contribution < 1.29 is 159 Å². The van der Waals surface area contributed by atoms with Crippen molar-refractivity contribution in [2.24, 2.45) is 5.92 Å². The second kappa shape index (κ2) is 46.7. The van der Waals surface area contributed by atoms with Crippen molar-refractivity contribution in [3.05, 3.63) is 95.3 Å². The Morgan fingerprint density at radius 1 is 0.455 bits per heavy atom. The smallest absolute Gasteiger partial charge is 0.392 e. The van der Waals surface area contributed by atoms with E-state index in [1.54, 1.807) is 55.4 Å². The fraction of sp³-hybridized carbons (Fsp3) is 0.708. The molecule has 123 heavy (non-hydrogen) atoms. The topological polar surface area (TPSA) is 532 Å². The molecule has 41 nitrogen and oxygen atoms in total. The first-order chi connectivity index (χ1) is 55.9. The number of nitrogens with one attached hydrogen (secondary N) is 8. The van der Waals surface area contributed by atoms with Crippen molar-refractivity contribution in [2.45, 2.75) is 307 Å². The minimum absolute atomic E-state index is 0. The van der Waals surface area contributed by atoms with E-state index in [0.717, 1.165) is 49.9 Å². The highest BCUT2D eigenvalue weighted by atomic mass is 31.2. The molecule has 5 heterocycles. The summed E-state index contributed by atoms with van der Waals surface area (Å²) in [5.74, 6) is -25.3. The highest BCUT2D eigenvalue weighted by molar-refractivity contribution is 7.55. The van der Waals surface area contributed by atoms with Crippen molar-refractivity contribution in [3.63, 3.8) is 0 Å². The normalized spacial score (nSPS) is 22.8. The molecule has 3 fully saturated rings. The fourth-order valence-electron chi connectivity index (χ4n) is 10.5. The average molecular weight is 1840 g/mol. The van der Waals surface area contributed by atoms with Gasteiger partial charge in [0.15, 0.2) is 18.6 Å². The third kappa shape index (κ3) is 32.0. The van der Waals surface area contributed by atoms with Gasteiger partial charge in [-0.15, -0.1) is 0 Å². The molecular weight excluding hydrogens is 1730 g/mol. The number of hydrogen-bond donors (Lipinski definition) is 10. The van der Waals surface area contributed by atoms with E-state index in [1.165, 1.54) is 69.4 Å². The molecule has 3 saturated heterocycles. The third-order valence-corrected chi connectivity index (χ3v) is 21.8. The van der Waals surface area contributed by atoms with Crippen LogP contribution in [-0.4, -0.2) is 212 Å². The molecule has 1 aromatic carbocycles. The van der Waals surface area contributed by atoms with Gasteiger partial charge in [-0.3, -0.25) is 80.4 Å². The molecule has 15 atom stereocenters. The summed E-state index contributed by atoms with van der Waals surface area (Å²) in [6.07, 6.45) is -8.47. The van der Waals surface area contributed by atoms with Crippen LogP contribution in [0.2, 0.25) is 0 Å². The molecule has 3 aliphatic heterocycles. The number of fused-ring (bicyclic) bond motifs is 1. The summed E-state index contributed by atoms with van der Waals surface area (Å²) in [5.41, 5.74) is -7.60. The van der Waals surface area contributed by atoms with Gasteiger partial charge < -0.3 is 71.6 Å². The molecule has 0 aliphatic carbocycles. The van der Waals surface area contributed by atoms with Gasteiger partial charge in [0, 0.05) is 31.6 Å². The summed E-state index contributed by atoms with van der Waals surface area (Å²) in [5, 5.41) is 35.1. The largest absolute Gasteiger partial charge is 0.463 e. The minimum atomic E-state index is -4.89. The molecular formula is C72H116F7N10O31P3. The minimum Gasteiger partial charge on any atom is -0.463 e. The van der Waals surface area contributed by atoms with Gasteiger partial charge in [-0.05, 0) is 152 Å². The van der Waals surface area contributed by atoms with Gasteiger partial charge in [-0.1, -0.05) is 21.3 Å². The van der Waals surface area contributed by atoms with Crippen molar-refractivity contribution in [1.82, 2.24) is 49.6 Å². The lowest BCUT2D eigenvalue weighted by molar-refractivity contribution is -0.300. The number of carbonyl (C=O) groups excluding carboxylic acids is 7. The van der Waals surface area contributed by atoms with E-state index in [2.05, 4.69) is 40.0 Å². The number of H-pyrrole nitrogens is 2. The molecule has 0 bridgehead atoms. The molecule has 3 aromatic rings. The van der Waals surface area contributed by atoms with Crippen LogP contribution in [0.4, 0.5) is 30.7 Å². The first kappa shape index (κ1) is 111. The lowest BCUT2D eigenvalue weighted by atomic mass is 9.95. The maximum Gasteiger partial charge on any atom is 0.392 e. The van der Waals surface area contributed by atoms with Crippen molar-refractivity contribution >= 4 is 64.8 Å². The summed E-state index contributed by atoms with van der Waals surface area (Å²) >= 11 is 0. The van der Waals surface area contributed by atoms with E-state index in [1.807, 2.05) is 32.7 Å². The van der Waals surface area contributed by atoms with E-state index < -0.39 is 256 Å². The summed E-state index contributed by atoms with van der Waals surface area (Å²) < 4.78 is 221. The molecule has 51 heteroatoms. The van der Waals surface area contributed by atoms with Gasteiger partial charge in [-0.2, -0.15) is 8.78 Å². The molecule has 2 aromatic heterocycles. The summed E-state index contributed by atoms with van der Waals surface area (Å²) in [7, 11) is -12.7. The highest BCUT2D eigenvalue weighted by Gasteiger charge is 2.71. The Labute approximate surface area is 704 Å². The average Bonchev–Trinajstić information content (AvgIpc) is 1.55. The number of alkyl halides is 2. The van der Waals surface area contributed by atoms with Crippen LogP contribution in [0.5, 0.6) is 5.75 Å². The van der Waals surface area contributed by atoms with Gasteiger partial charge in [0.05, 0.1) is 48.6 Å². The Kier molecular flexibility index (Phi) is 42.2. The van der Waals surface area contributed by atoms with E-state index in [-0.39, 0.29) is 25.4 Å². The number of aromatic amines is 2. The Morgan fingerprint density at radius 3 is 1.02 bits per heavy atom. The van der Waals surface area contributed by atoms with Crippen LogP contribution in [0.1, 0.15) is 186 Å². The number of rotatable bonds is 37. The molecule has 0 amide bonds. The molecule has 3 aliphatic rings. The molecule has 704 valence electrons. The van der Waals surface area contributed by atoms with Crippen LogP contribution < -0.4 is 57.5 Å². The zero-order chi connectivity index (χ0) is 93.9. The standard InChI is InChI=1S/C24H38FN4O12P.C22H36FN4O11P.C18H24F5N2O6P.C7H14O2.CH4/c1-12(2)37-17(31)14(5)27-42(34,28-15(6)18(32)38-13(3)4)36-11-24(25)19-23(7,41-22(35-8)39-19)20(40-24)29-10-9-16(30)26-21(29)33;1-11(2)36-16(29)13(5)25-39(34,26-14(6)17(30)37-12(3)4)35-10-22(23)18(31)21(7,33)19(38-22)27-9-8-15(28)24-20(27)32;1-7(2)29-17(26)9(5)24-32(28,25-10(6)18(27)30-8(3)4)31-16-14(22)12(20)11(19)13(21)15(16)23;1-5(2)7(8)9-6(3)4;/h9-10,12-15,19-20,22H,11H2,1-8H3,(H,26,30,33)(H2,27,28,34);8-9,11-14,18-19,31,33H,10H2,1-7H3,(H,24,28,32)(H2,25,26,34);7-10H,1-6H3,(H2,24,25,28);5-6H,1-4H3;1H4/t14-,15-,19-,20+,22?,23+,24+;13-,14-,18-,19+,21+,22+;9-,10-;;/m000../s1. The van der Waals surface area contributed by atoms with Crippen molar-refractivity contribution in [1.29, 1.82) is 0 Å². The maximum absolute atomic E-state index is 16.7. The monoisotopic (exact) mass is 1840 g/mol. The first-order valence-corrected chi connectivity index (χ1v) is 42.8. The SMILES string of the molecule is C.CC(C)OC(=O)C(C)C.CC(C)OC(=O)[C@H](C)NP(=O)(N[C@@H](C)C(=O)OC(C)C)OC[C@@]1(F)O[C@@H](n2ccc(=O)[nH]c2=O)[C@](C)(O)[C@@H]1O.CC(C)OC(=O)[C@H](C)NP(=O)(N[C@@H](C)C(=O)OC(C)C)Oc1c(F)c(F)c(F)c(F)c1F.COC1O[C@H]2[C@@](C)(O1)[C@H](n1ccc(=O)[nH]c1=O)O[C@]2(F)COP(=O)(N[C@@H](C)C(=O)OC(C)C)N[C@@H](C)C(=O)OC(C)C. The maximum atomic E-state index is 16.7. The molecule has 0 spiro atoms. The lowest BCUT2D eigenvalue weighted by Crippen LogP contribution is -2.50. The Morgan fingerprint density at radius 2 is 0.732 bits per heavy atom. The van der Waals surface area contributed by atoms with Crippen molar-refractivity contribution in [3.8, 4) is 5.75 Å². The van der Waals surface area contributed by atoms with Gasteiger partial charge in [-0.25, -0.2) is 66.6 Å². The number of aliphatic hydroxyl groups excluding tert-OH is 1. The predicted molar refractivity (Wildman–Crippen MR) is 420 cm³/mol. The number of nitrogens with zero attached hydrogens (tertiary/aromatic N) is 2. The predicted octanol–water partition coefficient (Wildman–Crippen LogP) is 6.61. The number of hydrogen-bond acceptors (Lipinski definition) is 31. The summed E-state index contributed by atoms with van der Waals surface area (Å²) in [6.45, 7) is 32.3. The number of methoxy groups -OCH3 is 1. The van der Waals surface area contributed by atoms with E-state index in [9.17, 15) is 98.6 Å². The number of benzene rings is 1. The van der Waals surface area contributed by atoms with Crippen LogP contribution in [0.3, 0.4) is 0 Å². The van der Waals surface area contributed by atoms with Crippen LogP contribution in [0.15, 0.2) is 43.7 Å². The summed E-state index contributed by atoms with van der Waals surface area (Å²) in [4.78, 5) is 136. The van der Waals surface area contributed by atoms with Crippen LogP contribution >= 0.6 is 23.0 Å². The molecule has 6 rings (SSSR count). The van der Waals surface area contributed by atoms with Gasteiger partial charge >= 0.3 is 76.2 Å². The number of halogens is 7. The van der Waals surface area contributed by atoms with Gasteiger partial charge in [0.25, 0.3) is 29.3 Å². The van der Waals surface area contributed by atoms with E-state index >= 15 is 8.78 Å². The Hall–Kier alpha value is -7.73. The number of esters is 7. The van der Waals surface area contributed by atoms with Gasteiger partial charge in [0.1, 0.15) is 66.8 Å². The first-order valence-electron chi connectivity index (χ1n) is 37.9. The highest BCUT2D eigenvalue weighted by Crippen LogP contribution is 2.55. The van der Waals surface area contributed by atoms with Crippen LogP contribution in [0, 0.1) is 35.0 Å². The quantitative estimate of drug-likeness (QED) is 0.00725. The van der Waals surface area contributed by atoms with E-state index in [0.29, 0.717) is 4.57 Å². The molecule has 0 saturated carbocycles. The van der Waals surface area contributed by atoms with Crippen LogP contribution in [-0.2, 0) is 113 Å². The van der Waals surface area contributed by atoms with Crippen LogP contribution in [0.25, 0.3) is 0 Å². The third-order valence-electron chi connectivity index (χ3n) is 16.0. The summed E-state index contributed by atoms with van der Waals surface area (Å²) in [6, 6.07) is -5.99. The second-order valence-electron chi connectivity index (χ2n) is 30.4. The fourth-order valence-corrected chi connectivity index (χ4v) is 15.9. The Balaban J connectivity index is 0.000000596. The number of ether oxygens (including phenoxy) is 12. The molecule has 0 radical (unpaired) electrons. The molecule has 10 N–H and O–H groups in total. The molecule has 1 unspecified atom stereocenters. The zero-order valence-electron chi connectivity index (χ0n) is 71.8. The Bertz CT molecular complexity index is 4370. The van der Waals surface area contributed by atoms with Crippen molar-refractivity contribution in [2.75, 3.05) is 20.3 Å². The second-order valence-corrected chi connectivity index (χ2v) is 35.9. The lowest BCUT2D eigenvalue weighted by Gasteiger charge is -2.30. The number of aromatic nitrogens is 4. The number of aliphatic hydroxyl groups is 2. The van der Waals surface area contributed by atoms with E-state index in [4.69, 9.17) is 65.9 Å².